The number of halogens is 1. The third-order valence-electron chi connectivity index (χ3n) is 3.41. The monoisotopic (exact) mass is 295 g/mol. The van der Waals surface area contributed by atoms with Gasteiger partial charge in [0, 0.05) is 13.0 Å². The van der Waals surface area contributed by atoms with E-state index in [1.807, 2.05) is 0 Å². The van der Waals surface area contributed by atoms with E-state index in [1.54, 1.807) is 0 Å². The molecule has 0 spiro atoms. The van der Waals surface area contributed by atoms with Crippen LogP contribution in [0, 0.1) is 0 Å². The van der Waals surface area contributed by atoms with Crippen LogP contribution < -0.4 is 5.32 Å². The number of ether oxygens (including phenoxy) is 1. The number of allylic oxidation sites excluding steroid dienone is 2. The minimum atomic E-state index is -0.773. The van der Waals surface area contributed by atoms with E-state index in [4.69, 9.17) is 4.74 Å². The van der Waals surface area contributed by atoms with E-state index in [1.165, 1.54) is 24.6 Å². The molecular formula is C14H16FN2O4. The number of nitrogens with zero attached hydrogens (tertiary/aromatic N) is 1. The molecule has 0 saturated carbocycles. The second-order valence-electron chi connectivity index (χ2n) is 4.89. The predicted octanol–water partition coefficient (Wildman–Crippen LogP) is 1.34. The summed E-state index contributed by atoms with van der Waals surface area (Å²) in [5, 5.41) is 2.29. The number of nitrogens with one attached hydrogen (secondary N) is 1. The zero-order valence-electron chi connectivity index (χ0n) is 11.4. The van der Waals surface area contributed by atoms with Crippen LogP contribution in [0.15, 0.2) is 24.1 Å². The second-order valence-corrected chi connectivity index (χ2v) is 4.89. The van der Waals surface area contributed by atoms with Crippen molar-refractivity contribution in [2.75, 3.05) is 6.54 Å². The van der Waals surface area contributed by atoms with Crippen LogP contribution in [0.5, 0.6) is 0 Å². The van der Waals surface area contributed by atoms with Gasteiger partial charge in [0.05, 0.1) is 0 Å². The summed E-state index contributed by atoms with van der Waals surface area (Å²) < 4.78 is 18.0. The Labute approximate surface area is 121 Å². The second kappa shape index (κ2) is 7.01. The first-order chi connectivity index (χ1) is 10.1. The minimum Gasteiger partial charge on any atom is -0.441 e. The van der Waals surface area contributed by atoms with Gasteiger partial charge >= 0.3 is 12.5 Å². The number of carbonyl (C=O) groups is 2. The van der Waals surface area contributed by atoms with Crippen molar-refractivity contribution in [3.63, 3.8) is 0 Å². The van der Waals surface area contributed by atoms with Crippen LogP contribution in [0.1, 0.15) is 25.7 Å². The molecule has 2 atom stereocenters. The van der Waals surface area contributed by atoms with Crippen molar-refractivity contribution in [2.24, 2.45) is 0 Å². The first-order valence-electron chi connectivity index (χ1n) is 6.80. The van der Waals surface area contributed by atoms with E-state index in [9.17, 15) is 18.8 Å². The van der Waals surface area contributed by atoms with Gasteiger partial charge in [-0.1, -0.05) is 0 Å². The van der Waals surface area contributed by atoms with Crippen LogP contribution in [0.25, 0.3) is 0 Å². The fourth-order valence-electron chi connectivity index (χ4n) is 2.28. The Morgan fingerprint density at radius 2 is 2.29 bits per heavy atom. The van der Waals surface area contributed by atoms with Gasteiger partial charge in [0.25, 0.3) is 5.91 Å². The molecule has 7 heteroatoms. The summed E-state index contributed by atoms with van der Waals surface area (Å²) in [6.45, 7) is 0.245. The van der Waals surface area contributed by atoms with Crippen LogP contribution in [0.2, 0.25) is 0 Å². The van der Waals surface area contributed by atoms with Crippen molar-refractivity contribution in [3.8, 4) is 0 Å². The van der Waals surface area contributed by atoms with Gasteiger partial charge in [0.15, 0.2) is 0 Å². The normalized spacial score (nSPS) is 25.9. The minimum absolute atomic E-state index is 0.236. The van der Waals surface area contributed by atoms with Gasteiger partial charge in [-0.3, -0.25) is 9.59 Å². The van der Waals surface area contributed by atoms with E-state index < -0.39 is 24.1 Å². The summed E-state index contributed by atoms with van der Waals surface area (Å²) in [6, 6.07) is -0.753. The molecule has 1 fully saturated rings. The average molecular weight is 295 g/mol. The van der Waals surface area contributed by atoms with Crippen LogP contribution in [-0.4, -0.2) is 42.0 Å². The van der Waals surface area contributed by atoms with E-state index in [0.717, 1.165) is 4.90 Å². The van der Waals surface area contributed by atoms with Crippen LogP contribution >= 0.6 is 0 Å². The molecule has 3 amide bonds. The number of likely N-dealkylation sites (tertiary alicyclic amines) is 1. The number of hydrogen-bond acceptors (Lipinski definition) is 4. The van der Waals surface area contributed by atoms with Gasteiger partial charge in [-0.05, 0) is 37.5 Å². The SMILES string of the molecule is O=[C]N[C@H]1CCCCN(C(=O)OC2C=CC(F)=CC2)C1=O. The number of rotatable bonds is 3. The molecule has 1 saturated heterocycles. The first-order valence-corrected chi connectivity index (χ1v) is 6.80. The largest absolute Gasteiger partial charge is 0.441 e. The molecule has 0 aromatic carbocycles. The number of imide groups is 1. The lowest BCUT2D eigenvalue weighted by Gasteiger charge is -2.24. The lowest BCUT2D eigenvalue weighted by Crippen LogP contribution is -2.48. The third-order valence-corrected chi connectivity index (χ3v) is 3.41. The van der Waals surface area contributed by atoms with Gasteiger partial charge < -0.3 is 10.1 Å². The molecular weight excluding hydrogens is 279 g/mol. The van der Waals surface area contributed by atoms with Crippen molar-refractivity contribution in [2.45, 2.75) is 37.8 Å². The van der Waals surface area contributed by atoms with Crippen LogP contribution in [0.4, 0.5) is 9.18 Å². The molecule has 1 aliphatic carbocycles. The van der Waals surface area contributed by atoms with Crippen molar-refractivity contribution in [3.05, 3.63) is 24.1 Å². The summed E-state index contributed by atoms with van der Waals surface area (Å²) >= 11 is 0. The summed E-state index contributed by atoms with van der Waals surface area (Å²) in [5.41, 5.74) is 0. The first kappa shape index (κ1) is 15.2. The molecule has 1 aliphatic heterocycles. The standard InChI is InChI=1S/C14H16FN2O4/c15-10-4-6-11(7-5-10)21-14(20)17-8-2-1-3-12(13(17)19)16-9-18/h4-6,11-12H,1-3,7-8H2,(H,16,18)/t11?,12-/m0/s1. The molecule has 1 heterocycles. The smallest absolute Gasteiger partial charge is 0.417 e. The molecule has 21 heavy (non-hydrogen) atoms. The van der Waals surface area contributed by atoms with Crippen molar-refractivity contribution < 1.29 is 23.5 Å². The van der Waals surface area contributed by atoms with Gasteiger partial charge in [0.1, 0.15) is 18.0 Å². The molecule has 1 radical (unpaired) electrons. The summed E-state index contributed by atoms with van der Waals surface area (Å²) in [4.78, 5) is 35.6. The Kier molecular flexibility index (Phi) is 5.08. The predicted molar refractivity (Wildman–Crippen MR) is 71.4 cm³/mol. The third kappa shape index (κ3) is 3.90. The lowest BCUT2D eigenvalue weighted by atomic mass is 10.1. The Morgan fingerprint density at radius 1 is 1.48 bits per heavy atom. The highest BCUT2D eigenvalue weighted by Crippen LogP contribution is 2.17. The van der Waals surface area contributed by atoms with E-state index in [2.05, 4.69) is 5.32 Å². The van der Waals surface area contributed by atoms with E-state index >= 15 is 0 Å². The van der Waals surface area contributed by atoms with Crippen molar-refractivity contribution >= 4 is 18.4 Å². The number of amides is 3. The van der Waals surface area contributed by atoms with Crippen molar-refractivity contribution in [1.82, 2.24) is 10.2 Å². The summed E-state index contributed by atoms with van der Waals surface area (Å²) in [7, 11) is 0. The Balaban J connectivity index is 1.98. The molecule has 2 aliphatic rings. The van der Waals surface area contributed by atoms with Crippen LogP contribution in [-0.2, 0) is 14.3 Å². The molecule has 0 aromatic rings. The van der Waals surface area contributed by atoms with Gasteiger partial charge in [-0.25, -0.2) is 14.1 Å². The van der Waals surface area contributed by atoms with Crippen LogP contribution in [0.3, 0.4) is 0 Å². The van der Waals surface area contributed by atoms with Gasteiger partial charge in [-0.2, -0.15) is 0 Å². The van der Waals surface area contributed by atoms with Gasteiger partial charge in [0.2, 0.25) is 0 Å². The maximum Gasteiger partial charge on any atom is 0.417 e. The van der Waals surface area contributed by atoms with E-state index in [-0.39, 0.29) is 18.8 Å². The highest BCUT2D eigenvalue weighted by atomic mass is 19.1. The molecule has 1 unspecified atom stereocenters. The zero-order chi connectivity index (χ0) is 15.2. The number of hydrogen-bond donors (Lipinski definition) is 1. The molecule has 6 nitrogen and oxygen atoms in total. The molecule has 0 bridgehead atoms. The molecule has 1 N–H and O–H groups in total. The average Bonchev–Trinajstić information content (AvgIpc) is 2.65. The fraction of sp³-hybridized carbons (Fsp3) is 0.500. The Morgan fingerprint density at radius 3 is 2.95 bits per heavy atom. The number of carbonyl (C=O) groups excluding carboxylic acids is 3. The topological polar surface area (TPSA) is 75.7 Å². The quantitative estimate of drug-likeness (QED) is 0.797. The summed E-state index contributed by atoms with van der Waals surface area (Å²) in [5.74, 6) is -0.874. The maximum absolute atomic E-state index is 12.8. The Bertz CT molecular complexity index is 489. The molecule has 113 valence electrons. The molecule has 2 rings (SSSR count). The summed E-state index contributed by atoms with van der Waals surface area (Å²) in [6.07, 6.45) is 6.15. The highest BCUT2D eigenvalue weighted by molar-refractivity contribution is 5.96. The lowest BCUT2D eigenvalue weighted by molar-refractivity contribution is -0.131. The fourth-order valence-corrected chi connectivity index (χ4v) is 2.28. The Hall–Kier alpha value is -2.18. The van der Waals surface area contributed by atoms with E-state index in [0.29, 0.717) is 19.3 Å². The van der Waals surface area contributed by atoms with Gasteiger partial charge in [-0.15, -0.1) is 0 Å². The molecule has 0 aromatic heterocycles. The maximum atomic E-state index is 12.8. The van der Waals surface area contributed by atoms with Crippen molar-refractivity contribution in [1.29, 1.82) is 0 Å². The highest BCUT2D eigenvalue weighted by Gasteiger charge is 2.32. The zero-order valence-corrected chi connectivity index (χ0v) is 11.4.